The molecule has 0 saturated carbocycles. The van der Waals surface area contributed by atoms with E-state index in [1.54, 1.807) is 7.11 Å². The van der Waals surface area contributed by atoms with Gasteiger partial charge in [-0.05, 0) is 73.1 Å². The SMILES string of the molecule is COc1ccc2c(c1)C(CN1CCC(Oc3cccc(C#N)c3)CC1)CC2. The Morgan fingerprint density at radius 2 is 1.93 bits per heavy atom. The molecule has 2 aromatic carbocycles. The molecular formula is C23H26N2O2. The van der Waals surface area contributed by atoms with E-state index in [4.69, 9.17) is 14.7 Å². The number of nitriles is 1. The van der Waals surface area contributed by atoms with Crippen molar-refractivity contribution in [2.75, 3.05) is 26.7 Å². The second-order valence-electron chi connectivity index (χ2n) is 7.56. The summed E-state index contributed by atoms with van der Waals surface area (Å²) in [5.74, 6) is 2.39. The van der Waals surface area contributed by atoms with Crippen LogP contribution in [-0.4, -0.2) is 37.7 Å². The Morgan fingerprint density at radius 1 is 1.07 bits per heavy atom. The van der Waals surface area contributed by atoms with Crippen LogP contribution in [-0.2, 0) is 6.42 Å². The van der Waals surface area contributed by atoms with Crippen LogP contribution in [0.3, 0.4) is 0 Å². The van der Waals surface area contributed by atoms with Crippen molar-refractivity contribution in [3.05, 3.63) is 59.2 Å². The maximum Gasteiger partial charge on any atom is 0.121 e. The van der Waals surface area contributed by atoms with Gasteiger partial charge in [0.2, 0.25) is 0 Å². The average Bonchev–Trinajstić information content (AvgIpc) is 3.11. The number of aryl methyl sites for hydroxylation is 1. The van der Waals surface area contributed by atoms with E-state index in [1.807, 2.05) is 24.3 Å². The number of fused-ring (bicyclic) bond motifs is 1. The van der Waals surface area contributed by atoms with Crippen molar-refractivity contribution in [3.8, 4) is 17.6 Å². The molecule has 2 aromatic rings. The zero-order valence-corrected chi connectivity index (χ0v) is 15.9. The zero-order chi connectivity index (χ0) is 18.6. The van der Waals surface area contributed by atoms with Gasteiger partial charge in [0, 0.05) is 19.6 Å². The molecule has 0 N–H and O–H groups in total. The Bertz CT molecular complexity index is 835. The van der Waals surface area contributed by atoms with Crippen LogP contribution in [0, 0.1) is 11.3 Å². The van der Waals surface area contributed by atoms with Crippen LogP contribution in [0.15, 0.2) is 42.5 Å². The van der Waals surface area contributed by atoms with Gasteiger partial charge in [-0.3, -0.25) is 0 Å². The quantitative estimate of drug-likeness (QED) is 0.802. The number of ether oxygens (including phenoxy) is 2. The lowest BCUT2D eigenvalue weighted by molar-refractivity contribution is 0.0969. The summed E-state index contributed by atoms with van der Waals surface area (Å²) in [5.41, 5.74) is 3.61. The standard InChI is InChI=1S/C23H26N2O2/c1-26-21-8-7-18-5-6-19(23(18)14-21)16-25-11-9-20(10-12-25)27-22-4-2-3-17(13-22)15-24/h2-4,7-8,13-14,19-20H,5-6,9-12,16H2,1H3. The predicted octanol–water partition coefficient (Wildman–Crippen LogP) is 4.14. The zero-order valence-electron chi connectivity index (χ0n) is 15.9. The third-order valence-electron chi connectivity index (χ3n) is 5.83. The van der Waals surface area contributed by atoms with Gasteiger partial charge in [0.25, 0.3) is 0 Å². The molecule has 4 heteroatoms. The minimum atomic E-state index is 0.242. The minimum Gasteiger partial charge on any atom is -0.497 e. The lowest BCUT2D eigenvalue weighted by atomic mass is 9.98. The first kappa shape index (κ1) is 17.9. The molecule has 0 amide bonds. The summed E-state index contributed by atoms with van der Waals surface area (Å²) < 4.78 is 11.5. The van der Waals surface area contributed by atoms with Gasteiger partial charge in [-0.15, -0.1) is 0 Å². The topological polar surface area (TPSA) is 45.5 Å². The van der Waals surface area contributed by atoms with Gasteiger partial charge in [-0.1, -0.05) is 12.1 Å². The molecule has 0 radical (unpaired) electrons. The average molecular weight is 362 g/mol. The minimum absolute atomic E-state index is 0.242. The number of hydrogen-bond acceptors (Lipinski definition) is 4. The number of benzene rings is 2. The lowest BCUT2D eigenvalue weighted by Crippen LogP contribution is -2.40. The fourth-order valence-electron chi connectivity index (χ4n) is 4.34. The second kappa shape index (κ2) is 8.02. The van der Waals surface area contributed by atoms with Gasteiger partial charge in [-0.25, -0.2) is 0 Å². The molecule has 1 aliphatic carbocycles. The van der Waals surface area contributed by atoms with E-state index < -0.39 is 0 Å². The van der Waals surface area contributed by atoms with Crippen molar-refractivity contribution in [3.63, 3.8) is 0 Å². The maximum atomic E-state index is 9.02. The highest BCUT2D eigenvalue weighted by atomic mass is 16.5. The van der Waals surface area contributed by atoms with Crippen LogP contribution in [0.1, 0.15) is 41.9 Å². The van der Waals surface area contributed by atoms with E-state index >= 15 is 0 Å². The van der Waals surface area contributed by atoms with Gasteiger partial charge >= 0.3 is 0 Å². The third kappa shape index (κ3) is 4.09. The van der Waals surface area contributed by atoms with E-state index in [0.29, 0.717) is 11.5 Å². The highest BCUT2D eigenvalue weighted by Crippen LogP contribution is 2.36. The molecule has 1 atom stereocenters. The molecule has 1 unspecified atom stereocenters. The Kier molecular flexibility index (Phi) is 5.31. The number of nitrogens with zero attached hydrogens (tertiary/aromatic N) is 2. The van der Waals surface area contributed by atoms with Crippen molar-refractivity contribution in [1.29, 1.82) is 5.26 Å². The Labute approximate surface area is 161 Å². The summed E-state index contributed by atoms with van der Waals surface area (Å²) in [6, 6.07) is 16.2. The van der Waals surface area contributed by atoms with Crippen LogP contribution < -0.4 is 9.47 Å². The van der Waals surface area contributed by atoms with Crippen LogP contribution in [0.2, 0.25) is 0 Å². The molecular weight excluding hydrogens is 336 g/mol. The fourth-order valence-corrected chi connectivity index (χ4v) is 4.34. The van der Waals surface area contributed by atoms with E-state index in [9.17, 15) is 0 Å². The number of hydrogen-bond donors (Lipinski definition) is 0. The first-order valence-corrected chi connectivity index (χ1v) is 9.81. The molecule has 2 aliphatic rings. The van der Waals surface area contributed by atoms with Crippen molar-refractivity contribution >= 4 is 0 Å². The number of piperidine rings is 1. The molecule has 1 fully saturated rings. The van der Waals surface area contributed by atoms with Crippen molar-refractivity contribution in [2.45, 2.75) is 37.7 Å². The van der Waals surface area contributed by atoms with Crippen molar-refractivity contribution in [2.24, 2.45) is 0 Å². The van der Waals surface area contributed by atoms with Crippen LogP contribution in [0.4, 0.5) is 0 Å². The summed E-state index contributed by atoms with van der Waals surface area (Å²) in [5, 5.41) is 9.02. The molecule has 140 valence electrons. The van der Waals surface area contributed by atoms with Crippen LogP contribution >= 0.6 is 0 Å². The van der Waals surface area contributed by atoms with Crippen LogP contribution in [0.5, 0.6) is 11.5 Å². The number of methoxy groups -OCH3 is 1. The summed E-state index contributed by atoms with van der Waals surface area (Å²) in [7, 11) is 1.74. The normalized spacial score (nSPS) is 20.1. The highest BCUT2D eigenvalue weighted by molar-refractivity contribution is 5.41. The van der Waals surface area contributed by atoms with Crippen LogP contribution in [0.25, 0.3) is 0 Å². The van der Waals surface area contributed by atoms with Gasteiger partial charge in [0.1, 0.15) is 17.6 Å². The molecule has 1 saturated heterocycles. The Morgan fingerprint density at radius 3 is 2.70 bits per heavy atom. The summed E-state index contributed by atoms with van der Waals surface area (Å²) in [6.45, 7) is 3.26. The molecule has 4 nitrogen and oxygen atoms in total. The fraction of sp³-hybridized carbons (Fsp3) is 0.435. The summed E-state index contributed by atoms with van der Waals surface area (Å²) >= 11 is 0. The monoisotopic (exact) mass is 362 g/mol. The molecule has 0 aromatic heterocycles. The van der Waals surface area contributed by atoms with E-state index in [-0.39, 0.29) is 6.10 Å². The predicted molar refractivity (Wildman–Crippen MR) is 105 cm³/mol. The third-order valence-corrected chi connectivity index (χ3v) is 5.83. The highest BCUT2D eigenvalue weighted by Gasteiger charge is 2.27. The van der Waals surface area contributed by atoms with Gasteiger partial charge in [0.15, 0.2) is 0 Å². The van der Waals surface area contributed by atoms with Gasteiger partial charge < -0.3 is 14.4 Å². The molecule has 4 rings (SSSR count). The van der Waals surface area contributed by atoms with E-state index in [1.165, 1.54) is 24.0 Å². The first-order valence-electron chi connectivity index (χ1n) is 9.81. The van der Waals surface area contributed by atoms with E-state index in [2.05, 4.69) is 29.2 Å². The Hall–Kier alpha value is -2.51. The van der Waals surface area contributed by atoms with Crippen molar-refractivity contribution < 1.29 is 9.47 Å². The van der Waals surface area contributed by atoms with Gasteiger partial charge in [-0.2, -0.15) is 5.26 Å². The van der Waals surface area contributed by atoms with Gasteiger partial charge in [0.05, 0.1) is 18.7 Å². The number of rotatable bonds is 5. The molecule has 0 spiro atoms. The smallest absolute Gasteiger partial charge is 0.121 e. The lowest BCUT2D eigenvalue weighted by Gasteiger charge is -2.33. The first-order chi connectivity index (χ1) is 13.2. The second-order valence-corrected chi connectivity index (χ2v) is 7.56. The Balaban J connectivity index is 1.31. The van der Waals surface area contributed by atoms with E-state index in [0.717, 1.165) is 44.0 Å². The summed E-state index contributed by atoms with van der Waals surface area (Å²) in [6.07, 6.45) is 4.73. The van der Waals surface area contributed by atoms with Crippen molar-refractivity contribution in [1.82, 2.24) is 4.90 Å². The molecule has 0 bridgehead atoms. The maximum absolute atomic E-state index is 9.02. The molecule has 27 heavy (non-hydrogen) atoms. The summed E-state index contributed by atoms with van der Waals surface area (Å²) in [4.78, 5) is 2.57. The molecule has 1 heterocycles. The number of likely N-dealkylation sites (tertiary alicyclic amines) is 1. The largest absolute Gasteiger partial charge is 0.497 e. The molecule has 1 aliphatic heterocycles.